The number of phenolic OH excluding ortho intramolecular Hbond substituents is 1. The van der Waals surface area contributed by atoms with E-state index in [0.29, 0.717) is 93.6 Å². The Morgan fingerprint density at radius 2 is 1.65 bits per heavy atom. The number of aromatic nitrogens is 1. The number of amides is 4. The summed E-state index contributed by atoms with van der Waals surface area (Å²) in [5, 5.41) is 47.0. The molecule has 1 aromatic heterocycles. The van der Waals surface area contributed by atoms with E-state index in [2.05, 4.69) is 81.7 Å². The lowest BCUT2D eigenvalue weighted by atomic mass is 10.0. The highest BCUT2D eigenvalue weighted by Crippen LogP contribution is 2.34. The van der Waals surface area contributed by atoms with E-state index >= 15 is 0 Å². The monoisotopic (exact) mass is 1040 g/mol. The van der Waals surface area contributed by atoms with Gasteiger partial charge in [0.1, 0.15) is 30.0 Å². The van der Waals surface area contributed by atoms with E-state index in [0.717, 1.165) is 54.0 Å². The molecule has 17 nitrogen and oxygen atoms in total. The van der Waals surface area contributed by atoms with Crippen LogP contribution in [0.1, 0.15) is 63.0 Å². The van der Waals surface area contributed by atoms with Gasteiger partial charge in [-0.1, -0.05) is 25.1 Å². The first-order chi connectivity index (χ1) is 31.9. The number of carbonyl (C=O) groups excluding carboxylic acids is 3. The first-order valence-electron chi connectivity index (χ1n) is 23.0. The van der Waals surface area contributed by atoms with E-state index in [1.165, 1.54) is 0 Å². The molecule has 9 N–H and O–H groups in total. The first-order valence-corrected chi connectivity index (χ1v) is 24.6. The number of aliphatic hydroxyl groups is 3. The summed E-state index contributed by atoms with van der Waals surface area (Å²) >= 11 is 6.90. The van der Waals surface area contributed by atoms with Gasteiger partial charge in [0.25, 0.3) is 0 Å². The van der Waals surface area contributed by atoms with Gasteiger partial charge in [0.15, 0.2) is 0 Å². The standard InChI is InChI=1S/C41H53Br2N9O4.C6H12O4/c1-2-7-37(50-18-13-31(14-19-50)52-27-29-8-3-4-9-34(29)48-41(52)56)46-36(26-28-24-32(42)38(53)33(43)25-28)39(54)47-35(10-5-6-15-44)40(55)51-22-20-49(21-23-51)30-11-16-45-17-12-30;7-3-5-6(9)4(8)1-2-10-5/h3-4,7-9,11-12,16-17,24-25,31,35-36,46,53H,2,5-6,10,13-15,18-23,26-27,44H2,1H3,(H,47,54)(H,48,56);4-9H,1-3H2/b37-7-;/t35-,36+;/m0./s1. The maximum Gasteiger partial charge on any atom is 0.322 e. The Kier molecular flexibility index (Phi) is 19.3. The van der Waals surface area contributed by atoms with Crippen molar-refractivity contribution in [2.75, 3.05) is 69.2 Å². The molecule has 3 unspecified atom stereocenters. The van der Waals surface area contributed by atoms with Crippen LogP contribution in [0.25, 0.3) is 0 Å². The number of benzene rings is 2. The molecule has 0 spiro atoms. The summed E-state index contributed by atoms with van der Waals surface area (Å²) in [6.45, 7) is 7.18. The molecule has 5 heterocycles. The molecule has 7 rings (SSSR count). The minimum Gasteiger partial charge on any atom is -0.506 e. The molecule has 4 aliphatic rings. The number of hydrogen-bond acceptors (Lipinski definition) is 13. The average molecular weight is 1040 g/mol. The molecule has 2 aromatic carbocycles. The number of likely N-dealkylation sites (tertiary alicyclic amines) is 1. The number of fused-ring (bicyclic) bond motifs is 1. The van der Waals surface area contributed by atoms with Gasteiger partial charge in [-0.3, -0.25) is 14.6 Å². The van der Waals surface area contributed by atoms with Crippen LogP contribution < -0.4 is 26.6 Å². The summed E-state index contributed by atoms with van der Waals surface area (Å²) in [4.78, 5) is 54.2. The predicted octanol–water partition coefficient (Wildman–Crippen LogP) is 4.03. The van der Waals surface area contributed by atoms with Gasteiger partial charge >= 0.3 is 6.03 Å². The second-order valence-electron chi connectivity index (χ2n) is 17.0. The minimum atomic E-state index is -0.932. The maximum atomic E-state index is 14.5. The normalized spacial score (nSPS) is 21.2. The number of ether oxygens (including phenoxy) is 1. The number of para-hydroxylation sites is 1. The largest absolute Gasteiger partial charge is 0.506 e. The van der Waals surface area contributed by atoms with Crippen LogP contribution in [-0.4, -0.2) is 153 Å². The van der Waals surface area contributed by atoms with E-state index in [9.17, 15) is 19.5 Å². The van der Waals surface area contributed by atoms with E-state index in [1.807, 2.05) is 52.3 Å². The molecular weight excluding hydrogens is 978 g/mol. The van der Waals surface area contributed by atoms with Crippen molar-refractivity contribution in [3.05, 3.63) is 92.9 Å². The number of piperidine rings is 1. The third kappa shape index (κ3) is 13.6. The van der Waals surface area contributed by atoms with Crippen molar-refractivity contribution in [2.45, 2.75) is 101 Å². The van der Waals surface area contributed by atoms with Gasteiger partial charge in [-0.2, -0.15) is 0 Å². The topological polar surface area (TPSA) is 229 Å². The average Bonchev–Trinajstić information content (AvgIpc) is 3.33. The van der Waals surface area contributed by atoms with Crippen LogP contribution in [0.3, 0.4) is 0 Å². The molecule has 4 aliphatic heterocycles. The number of aliphatic hydroxyl groups excluding tert-OH is 3. The SMILES string of the molecule is CC/C=C(/N[C@H](Cc1cc(Br)c(O)c(Br)c1)C(=O)N[C@@H](CCCCN)C(=O)N1CCN(c2ccncc2)CC1)N1CCC(N2Cc3ccccc3NC2=O)CC1.OCC1OCCC(O)C1O. The smallest absolute Gasteiger partial charge is 0.322 e. The van der Waals surface area contributed by atoms with Crippen molar-refractivity contribution in [1.82, 2.24) is 30.3 Å². The molecule has 0 aliphatic carbocycles. The number of nitrogens with one attached hydrogen (secondary N) is 3. The van der Waals surface area contributed by atoms with Crippen LogP contribution in [0.5, 0.6) is 5.75 Å². The number of piperazine rings is 1. The number of pyridine rings is 1. The zero-order valence-electron chi connectivity index (χ0n) is 37.5. The van der Waals surface area contributed by atoms with Crippen molar-refractivity contribution < 1.29 is 39.5 Å². The summed E-state index contributed by atoms with van der Waals surface area (Å²) in [6.07, 6.45) is 8.32. The van der Waals surface area contributed by atoms with Crippen LogP contribution in [0.4, 0.5) is 16.2 Å². The molecule has 19 heteroatoms. The summed E-state index contributed by atoms with van der Waals surface area (Å²) in [6, 6.07) is 14.0. The number of unbranched alkanes of at least 4 members (excludes halogenated alkanes) is 1. The number of anilines is 2. The molecule has 5 atom stereocenters. The zero-order valence-corrected chi connectivity index (χ0v) is 40.7. The van der Waals surface area contributed by atoms with Gasteiger partial charge in [0.05, 0.1) is 27.5 Å². The fourth-order valence-corrected chi connectivity index (χ4v) is 10.0. The lowest BCUT2D eigenvalue weighted by Gasteiger charge is -2.42. The second-order valence-corrected chi connectivity index (χ2v) is 18.8. The summed E-state index contributed by atoms with van der Waals surface area (Å²) in [5.41, 5.74) is 9.71. The molecule has 3 fully saturated rings. The van der Waals surface area contributed by atoms with Gasteiger partial charge in [-0.15, -0.1) is 0 Å². The molecule has 3 aromatic rings. The highest BCUT2D eigenvalue weighted by Gasteiger charge is 2.35. The van der Waals surface area contributed by atoms with E-state index in [4.69, 9.17) is 25.8 Å². The number of phenols is 1. The van der Waals surface area contributed by atoms with E-state index in [1.54, 1.807) is 12.4 Å². The predicted molar refractivity (Wildman–Crippen MR) is 259 cm³/mol. The molecule has 0 bridgehead atoms. The third-order valence-corrected chi connectivity index (χ3v) is 13.7. The Morgan fingerprint density at radius 3 is 2.30 bits per heavy atom. The number of allylic oxidation sites excluding steroid dienone is 1. The molecule has 0 radical (unpaired) electrons. The van der Waals surface area contributed by atoms with Crippen molar-refractivity contribution in [3.8, 4) is 5.75 Å². The Balaban J connectivity index is 0.000000637. The molecular formula is C47H65Br2N9O8. The molecule has 66 heavy (non-hydrogen) atoms. The lowest BCUT2D eigenvalue weighted by Crippen LogP contribution is -2.58. The Labute approximate surface area is 404 Å². The van der Waals surface area contributed by atoms with Crippen LogP contribution in [0, 0.1) is 0 Å². The van der Waals surface area contributed by atoms with Crippen molar-refractivity contribution in [2.24, 2.45) is 5.73 Å². The van der Waals surface area contributed by atoms with Crippen molar-refractivity contribution >= 4 is 61.1 Å². The number of nitrogens with two attached hydrogens (primary N) is 1. The third-order valence-electron chi connectivity index (χ3n) is 12.5. The quantitative estimate of drug-likeness (QED) is 0.0950. The van der Waals surface area contributed by atoms with Crippen LogP contribution >= 0.6 is 31.9 Å². The Bertz CT molecular complexity index is 2070. The fourth-order valence-electron chi connectivity index (χ4n) is 8.77. The van der Waals surface area contributed by atoms with Crippen LogP contribution in [-0.2, 0) is 27.3 Å². The number of carbonyl (C=O) groups is 3. The summed E-state index contributed by atoms with van der Waals surface area (Å²) in [7, 11) is 0. The molecule has 4 amide bonds. The highest BCUT2D eigenvalue weighted by molar-refractivity contribution is 9.11. The number of halogens is 2. The zero-order chi connectivity index (χ0) is 47.2. The second kappa shape index (κ2) is 25.0. The number of urea groups is 1. The van der Waals surface area contributed by atoms with Crippen LogP contribution in [0.15, 0.2) is 81.8 Å². The Morgan fingerprint density at radius 1 is 0.955 bits per heavy atom. The highest BCUT2D eigenvalue weighted by atomic mass is 79.9. The number of nitrogens with zero attached hydrogens (tertiary/aromatic N) is 5. The van der Waals surface area contributed by atoms with Crippen LogP contribution in [0.2, 0.25) is 0 Å². The van der Waals surface area contributed by atoms with Gasteiger partial charge in [0.2, 0.25) is 11.8 Å². The van der Waals surface area contributed by atoms with Gasteiger partial charge in [-0.05, 0) is 131 Å². The number of rotatable bonds is 16. The molecule has 360 valence electrons. The van der Waals surface area contributed by atoms with Gasteiger partial charge < -0.3 is 66.4 Å². The number of aromatic hydroxyl groups is 1. The fraction of sp³-hybridized carbons (Fsp3) is 0.532. The summed E-state index contributed by atoms with van der Waals surface area (Å²) < 4.78 is 5.97. The van der Waals surface area contributed by atoms with Crippen molar-refractivity contribution in [3.63, 3.8) is 0 Å². The van der Waals surface area contributed by atoms with E-state index in [-0.39, 0.29) is 36.2 Å². The lowest BCUT2D eigenvalue weighted by molar-refractivity contribution is -0.147. The number of hydrogen-bond donors (Lipinski definition) is 8. The summed E-state index contributed by atoms with van der Waals surface area (Å²) in [5.74, 6) is 0.550. The Hall–Kier alpha value is -4.50. The minimum absolute atomic E-state index is 0.0706. The molecule has 0 saturated carbocycles. The maximum absolute atomic E-state index is 14.5. The van der Waals surface area contributed by atoms with Crippen molar-refractivity contribution in [1.29, 1.82) is 0 Å². The van der Waals surface area contributed by atoms with E-state index < -0.39 is 30.4 Å². The molecule has 3 saturated heterocycles. The van der Waals surface area contributed by atoms with Gasteiger partial charge in [-0.25, -0.2) is 4.79 Å². The first kappa shape index (κ1) is 50.9. The van der Waals surface area contributed by atoms with Gasteiger partial charge in [0, 0.05) is 88.7 Å².